The van der Waals surface area contributed by atoms with Gasteiger partial charge in [0, 0.05) is 18.4 Å². The first-order valence-electron chi connectivity index (χ1n) is 8.90. The highest BCUT2D eigenvalue weighted by Crippen LogP contribution is 2.21. The highest BCUT2D eigenvalue weighted by molar-refractivity contribution is 5.90. The third kappa shape index (κ3) is 4.49. The van der Waals surface area contributed by atoms with Crippen LogP contribution in [-0.2, 0) is 13.0 Å². The van der Waals surface area contributed by atoms with Crippen LogP contribution in [0.4, 0.5) is 10.5 Å². The SMILES string of the molecule is CCc1ccc(-n2cnnc2)cc1NC(=O)N(C)Cc1cc(C)cc(C)n1. The van der Waals surface area contributed by atoms with E-state index in [2.05, 4.69) is 27.4 Å². The number of amides is 2. The minimum absolute atomic E-state index is 0.174. The summed E-state index contributed by atoms with van der Waals surface area (Å²) in [7, 11) is 1.77. The lowest BCUT2D eigenvalue weighted by molar-refractivity contribution is 0.220. The Kier molecular flexibility index (Phi) is 5.49. The average Bonchev–Trinajstić information content (AvgIpc) is 3.15. The van der Waals surface area contributed by atoms with E-state index in [4.69, 9.17) is 0 Å². The van der Waals surface area contributed by atoms with Crippen molar-refractivity contribution in [2.75, 3.05) is 12.4 Å². The van der Waals surface area contributed by atoms with E-state index < -0.39 is 0 Å². The molecule has 3 rings (SSSR count). The zero-order valence-corrected chi connectivity index (χ0v) is 16.1. The van der Waals surface area contributed by atoms with Gasteiger partial charge >= 0.3 is 6.03 Å². The fourth-order valence-corrected chi connectivity index (χ4v) is 3.02. The van der Waals surface area contributed by atoms with Crippen molar-refractivity contribution in [3.63, 3.8) is 0 Å². The number of anilines is 1. The number of carbonyl (C=O) groups is 1. The van der Waals surface area contributed by atoms with Gasteiger partial charge in [-0.15, -0.1) is 10.2 Å². The number of carbonyl (C=O) groups excluding carboxylic acids is 1. The molecule has 1 N–H and O–H groups in total. The molecule has 0 spiro atoms. The van der Waals surface area contributed by atoms with Gasteiger partial charge in [0.25, 0.3) is 0 Å². The molecule has 0 unspecified atom stereocenters. The van der Waals surface area contributed by atoms with E-state index in [1.54, 1.807) is 29.2 Å². The number of nitrogens with zero attached hydrogens (tertiary/aromatic N) is 5. The lowest BCUT2D eigenvalue weighted by Crippen LogP contribution is -2.31. The molecule has 2 amide bonds. The molecule has 0 aliphatic heterocycles. The Morgan fingerprint density at radius 2 is 1.89 bits per heavy atom. The van der Waals surface area contributed by atoms with Crippen LogP contribution in [0.25, 0.3) is 5.69 Å². The number of aryl methyl sites for hydroxylation is 3. The smallest absolute Gasteiger partial charge is 0.321 e. The Balaban J connectivity index is 1.77. The van der Waals surface area contributed by atoms with Gasteiger partial charge in [0.05, 0.1) is 17.9 Å². The van der Waals surface area contributed by atoms with Gasteiger partial charge in [-0.1, -0.05) is 13.0 Å². The molecule has 0 radical (unpaired) electrons. The predicted octanol–water partition coefficient (Wildman–Crippen LogP) is 3.51. The molecular formula is C20H24N6O. The summed E-state index contributed by atoms with van der Waals surface area (Å²) in [5, 5.41) is 10.7. The van der Waals surface area contributed by atoms with Crippen molar-refractivity contribution in [2.24, 2.45) is 0 Å². The Morgan fingerprint density at radius 3 is 2.56 bits per heavy atom. The van der Waals surface area contributed by atoms with Crippen LogP contribution in [0.5, 0.6) is 0 Å². The Bertz CT molecular complexity index is 915. The third-order valence-corrected chi connectivity index (χ3v) is 4.33. The number of nitrogens with one attached hydrogen (secondary N) is 1. The van der Waals surface area contributed by atoms with Crippen LogP contribution in [0.1, 0.15) is 29.4 Å². The molecular weight excluding hydrogens is 340 g/mol. The zero-order chi connectivity index (χ0) is 19.4. The molecule has 0 fully saturated rings. The second-order valence-corrected chi connectivity index (χ2v) is 6.63. The summed E-state index contributed by atoms with van der Waals surface area (Å²) in [6, 6.07) is 9.78. The van der Waals surface area contributed by atoms with E-state index >= 15 is 0 Å². The molecule has 0 aliphatic carbocycles. The van der Waals surface area contributed by atoms with Crippen LogP contribution in [-0.4, -0.2) is 37.7 Å². The molecule has 0 bridgehead atoms. The maximum absolute atomic E-state index is 12.7. The number of pyridine rings is 1. The van der Waals surface area contributed by atoms with Crippen LogP contribution >= 0.6 is 0 Å². The highest BCUT2D eigenvalue weighted by Gasteiger charge is 2.13. The van der Waals surface area contributed by atoms with Crippen LogP contribution in [0.15, 0.2) is 43.0 Å². The molecule has 0 saturated heterocycles. The lowest BCUT2D eigenvalue weighted by Gasteiger charge is -2.20. The second kappa shape index (κ2) is 7.99. The lowest BCUT2D eigenvalue weighted by atomic mass is 10.1. The number of benzene rings is 1. The van der Waals surface area contributed by atoms with E-state index in [0.29, 0.717) is 6.54 Å². The van der Waals surface area contributed by atoms with Gasteiger partial charge in [-0.3, -0.25) is 9.55 Å². The Labute approximate surface area is 159 Å². The standard InChI is InChI=1S/C20H24N6O/c1-5-16-6-7-18(26-12-21-22-13-26)10-19(16)24-20(27)25(4)11-17-9-14(2)8-15(3)23-17/h6-10,12-13H,5,11H2,1-4H3,(H,24,27). The average molecular weight is 364 g/mol. The van der Waals surface area contributed by atoms with Crippen molar-refractivity contribution >= 4 is 11.7 Å². The Morgan fingerprint density at radius 1 is 1.15 bits per heavy atom. The van der Waals surface area contributed by atoms with E-state index in [-0.39, 0.29) is 6.03 Å². The van der Waals surface area contributed by atoms with E-state index in [1.165, 1.54) is 0 Å². The van der Waals surface area contributed by atoms with Crippen LogP contribution in [0.3, 0.4) is 0 Å². The van der Waals surface area contributed by atoms with Crippen molar-refractivity contribution in [3.8, 4) is 5.69 Å². The number of hydrogen-bond donors (Lipinski definition) is 1. The maximum atomic E-state index is 12.7. The van der Waals surface area contributed by atoms with Gasteiger partial charge in [-0.05, 0) is 55.7 Å². The minimum Gasteiger partial charge on any atom is -0.322 e. The predicted molar refractivity (Wildman–Crippen MR) is 105 cm³/mol. The minimum atomic E-state index is -0.174. The number of aromatic nitrogens is 4. The first kappa shape index (κ1) is 18.6. The summed E-state index contributed by atoms with van der Waals surface area (Å²) in [6.07, 6.45) is 4.08. The summed E-state index contributed by atoms with van der Waals surface area (Å²) in [6.45, 7) is 6.50. The first-order valence-corrected chi connectivity index (χ1v) is 8.90. The van der Waals surface area contributed by atoms with E-state index in [0.717, 1.165) is 40.3 Å². The van der Waals surface area contributed by atoms with Gasteiger partial charge in [0.15, 0.2) is 0 Å². The molecule has 140 valence electrons. The summed E-state index contributed by atoms with van der Waals surface area (Å²) in [5.41, 5.74) is 5.72. The van der Waals surface area contributed by atoms with E-state index in [1.807, 2.05) is 44.2 Å². The van der Waals surface area contributed by atoms with Crippen molar-refractivity contribution in [2.45, 2.75) is 33.7 Å². The summed E-state index contributed by atoms with van der Waals surface area (Å²) in [4.78, 5) is 18.8. The summed E-state index contributed by atoms with van der Waals surface area (Å²) < 4.78 is 1.80. The number of rotatable bonds is 5. The van der Waals surface area contributed by atoms with Crippen molar-refractivity contribution < 1.29 is 4.79 Å². The molecule has 7 nitrogen and oxygen atoms in total. The molecule has 27 heavy (non-hydrogen) atoms. The summed E-state index contributed by atoms with van der Waals surface area (Å²) in [5.74, 6) is 0. The topological polar surface area (TPSA) is 75.9 Å². The molecule has 0 aliphatic rings. The van der Waals surface area contributed by atoms with Crippen molar-refractivity contribution in [1.82, 2.24) is 24.6 Å². The highest BCUT2D eigenvalue weighted by atomic mass is 16.2. The number of urea groups is 1. The Hall–Kier alpha value is -3.22. The van der Waals surface area contributed by atoms with Gasteiger partial charge in [0.2, 0.25) is 0 Å². The second-order valence-electron chi connectivity index (χ2n) is 6.63. The molecule has 7 heteroatoms. The quantitative estimate of drug-likeness (QED) is 0.752. The van der Waals surface area contributed by atoms with Crippen molar-refractivity contribution in [1.29, 1.82) is 0 Å². The monoisotopic (exact) mass is 364 g/mol. The first-order chi connectivity index (χ1) is 13.0. The summed E-state index contributed by atoms with van der Waals surface area (Å²) >= 11 is 0. The normalized spacial score (nSPS) is 10.7. The van der Waals surface area contributed by atoms with Gasteiger partial charge in [0.1, 0.15) is 12.7 Å². The largest absolute Gasteiger partial charge is 0.322 e. The molecule has 1 aromatic carbocycles. The fraction of sp³-hybridized carbons (Fsp3) is 0.300. The molecule has 2 heterocycles. The van der Waals surface area contributed by atoms with Crippen LogP contribution in [0, 0.1) is 13.8 Å². The zero-order valence-electron chi connectivity index (χ0n) is 16.1. The maximum Gasteiger partial charge on any atom is 0.321 e. The van der Waals surface area contributed by atoms with Crippen LogP contribution < -0.4 is 5.32 Å². The molecule has 0 saturated carbocycles. The van der Waals surface area contributed by atoms with Gasteiger partial charge in [-0.25, -0.2) is 4.79 Å². The molecule has 2 aromatic heterocycles. The van der Waals surface area contributed by atoms with Crippen LogP contribution in [0.2, 0.25) is 0 Å². The van der Waals surface area contributed by atoms with Gasteiger partial charge < -0.3 is 10.2 Å². The van der Waals surface area contributed by atoms with Gasteiger partial charge in [-0.2, -0.15) is 0 Å². The van der Waals surface area contributed by atoms with E-state index in [9.17, 15) is 4.79 Å². The third-order valence-electron chi connectivity index (χ3n) is 4.33. The van der Waals surface area contributed by atoms with Crippen molar-refractivity contribution in [3.05, 3.63) is 65.5 Å². The fourth-order valence-electron chi connectivity index (χ4n) is 3.02. The molecule has 0 atom stereocenters. The number of hydrogen-bond acceptors (Lipinski definition) is 4. The molecule has 3 aromatic rings.